The molecule has 0 aromatic rings. The number of rotatable bonds is 8. The van der Waals surface area contributed by atoms with Crippen molar-refractivity contribution in [3.05, 3.63) is 0 Å². The van der Waals surface area contributed by atoms with Crippen molar-refractivity contribution in [3.8, 4) is 0 Å². The molecule has 122 valence electrons. The lowest BCUT2D eigenvalue weighted by atomic mass is 10.1. The molecule has 0 radical (unpaired) electrons. The third-order valence-electron chi connectivity index (χ3n) is 2.56. The van der Waals surface area contributed by atoms with Crippen molar-refractivity contribution >= 4 is 18.0 Å². The average molecular weight is 303 g/mol. The van der Waals surface area contributed by atoms with Crippen LogP contribution < -0.4 is 5.32 Å². The van der Waals surface area contributed by atoms with Crippen LogP contribution in [0.2, 0.25) is 0 Å². The number of hydrogen-bond donors (Lipinski definition) is 2. The second-order valence-electron chi connectivity index (χ2n) is 5.72. The maximum atomic E-state index is 11.6. The summed E-state index contributed by atoms with van der Waals surface area (Å²) in [6.07, 6.45) is 1.62. The molecule has 0 heterocycles. The highest BCUT2D eigenvalue weighted by Crippen LogP contribution is 2.10. The molecule has 0 aromatic carbocycles. The summed E-state index contributed by atoms with van der Waals surface area (Å²) in [5.41, 5.74) is -0.647. The minimum Gasteiger partial charge on any atom is -0.481 e. The molecule has 0 bridgehead atoms. The SMILES string of the molecule is COC(=O)[C@H](CCCCCC(=O)O)NC(=O)OC(C)(C)C. The second kappa shape index (κ2) is 9.20. The number of esters is 1. The van der Waals surface area contributed by atoms with Gasteiger partial charge in [-0.15, -0.1) is 0 Å². The van der Waals surface area contributed by atoms with Gasteiger partial charge < -0.3 is 19.9 Å². The summed E-state index contributed by atoms with van der Waals surface area (Å²) in [6, 6.07) is -0.783. The number of aliphatic carboxylic acids is 1. The maximum Gasteiger partial charge on any atom is 0.408 e. The molecule has 0 aliphatic carbocycles. The Morgan fingerprint density at radius 1 is 1.14 bits per heavy atom. The lowest BCUT2D eigenvalue weighted by Crippen LogP contribution is -2.44. The molecule has 7 heteroatoms. The zero-order chi connectivity index (χ0) is 16.5. The molecule has 0 rings (SSSR count). The molecular weight excluding hydrogens is 278 g/mol. The standard InChI is InChI=1S/C14H25NO6/c1-14(2,3)21-13(19)15-10(12(18)20-4)8-6-5-7-9-11(16)17/h10H,5-9H2,1-4H3,(H,15,19)(H,16,17)/t10-/m0/s1. The highest BCUT2D eigenvalue weighted by atomic mass is 16.6. The van der Waals surface area contributed by atoms with E-state index < -0.39 is 29.7 Å². The number of alkyl carbamates (subject to hydrolysis) is 1. The number of nitrogens with one attached hydrogen (secondary N) is 1. The highest BCUT2D eigenvalue weighted by molar-refractivity contribution is 5.81. The third-order valence-corrected chi connectivity index (χ3v) is 2.56. The van der Waals surface area contributed by atoms with Crippen LogP contribution in [0, 0.1) is 0 Å². The highest BCUT2D eigenvalue weighted by Gasteiger charge is 2.24. The number of ether oxygens (including phenoxy) is 2. The molecule has 2 N–H and O–H groups in total. The normalized spacial score (nSPS) is 12.4. The van der Waals surface area contributed by atoms with E-state index in [0.717, 1.165) is 0 Å². The van der Waals surface area contributed by atoms with Crippen LogP contribution >= 0.6 is 0 Å². The maximum absolute atomic E-state index is 11.6. The summed E-state index contributed by atoms with van der Waals surface area (Å²) in [5, 5.41) is 11.0. The Hall–Kier alpha value is -1.79. The van der Waals surface area contributed by atoms with E-state index in [1.54, 1.807) is 20.8 Å². The quantitative estimate of drug-likeness (QED) is 0.526. The number of hydrogen-bond acceptors (Lipinski definition) is 5. The number of amides is 1. The fourth-order valence-corrected chi connectivity index (χ4v) is 1.64. The Labute approximate surface area is 125 Å². The van der Waals surface area contributed by atoms with E-state index in [-0.39, 0.29) is 6.42 Å². The molecule has 0 saturated heterocycles. The van der Waals surface area contributed by atoms with Crippen molar-refractivity contribution in [2.75, 3.05) is 7.11 Å². The van der Waals surface area contributed by atoms with Crippen LogP contribution in [0.15, 0.2) is 0 Å². The fourth-order valence-electron chi connectivity index (χ4n) is 1.64. The Balaban J connectivity index is 4.24. The van der Waals surface area contributed by atoms with Crippen molar-refractivity contribution in [1.29, 1.82) is 0 Å². The molecule has 7 nitrogen and oxygen atoms in total. The van der Waals surface area contributed by atoms with Gasteiger partial charge in [-0.3, -0.25) is 4.79 Å². The Morgan fingerprint density at radius 3 is 2.24 bits per heavy atom. The van der Waals surface area contributed by atoms with E-state index in [4.69, 9.17) is 9.84 Å². The van der Waals surface area contributed by atoms with Crippen LogP contribution in [-0.2, 0) is 19.1 Å². The average Bonchev–Trinajstić information content (AvgIpc) is 2.33. The van der Waals surface area contributed by atoms with Crippen molar-refractivity contribution in [2.45, 2.75) is 64.5 Å². The zero-order valence-electron chi connectivity index (χ0n) is 13.1. The monoisotopic (exact) mass is 303 g/mol. The smallest absolute Gasteiger partial charge is 0.408 e. The van der Waals surface area contributed by atoms with Gasteiger partial charge in [0.15, 0.2) is 0 Å². The van der Waals surface area contributed by atoms with Crippen molar-refractivity contribution in [1.82, 2.24) is 5.32 Å². The van der Waals surface area contributed by atoms with Crippen molar-refractivity contribution < 1.29 is 29.0 Å². The fraction of sp³-hybridized carbons (Fsp3) is 0.786. The minimum atomic E-state index is -0.841. The van der Waals surface area contributed by atoms with Gasteiger partial charge in [-0.25, -0.2) is 9.59 Å². The lowest BCUT2D eigenvalue weighted by molar-refractivity contribution is -0.143. The van der Waals surface area contributed by atoms with Gasteiger partial charge in [0.2, 0.25) is 0 Å². The van der Waals surface area contributed by atoms with Crippen LogP contribution in [0.4, 0.5) is 4.79 Å². The van der Waals surface area contributed by atoms with Gasteiger partial charge in [0, 0.05) is 6.42 Å². The molecule has 0 aromatic heterocycles. The Bertz CT molecular complexity index is 361. The molecule has 1 amide bonds. The molecule has 0 unspecified atom stereocenters. The lowest BCUT2D eigenvalue weighted by Gasteiger charge is -2.22. The molecule has 0 aliphatic heterocycles. The summed E-state index contributed by atoms with van der Waals surface area (Å²) >= 11 is 0. The summed E-state index contributed by atoms with van der Waals surface area (Å²) in [6.45, 7) is 5.18. The van der Waals surface area contributed by atoms with Crippen LogP contribution in [0.3, 0.4) is 0 Å². The number of methoxy groups -OCH3 is 1. The van der Waals surface area contributed by atoms with Gasteiger partial charge in [0.1, 0.15) is 11.6 Å². The first-order chi connectivity index (χ1) is 9.65. The largest absolute Gasteiger partial charge is 0.481 e. The number of unbranched alkanes of at least 4 members (excludes halogenated alkanes) is 2. The van der Waals surface area contributed by atoms with E-state index in [0.29, 0.717) is 25.7 Å². The molecule has 0 spiro atoms. The van der Waals surface area contributed by atoms with Crippen molar-refractivity contribution in [2.24, 2.45) is 0 Å². The summed E-state index contributed by atoms with van der Waals surface area (Å²) in [4.78, 5) is 33.6. The van der Waals surface area contributed by atoms with Crippen LogP contribution in [0.1, 0.15) is 52.9 Å². The summed E-state index contributed by atoms with van der Waals surface area (Å²) in [7, 11) is 1.25. The third kappa shape index (κ3) is 10.6. The topological polar surface area (TPSA) is 102 Å². The van der Waals surface area contributed by atoms with Crippen LogP contribution in [0.25, 0.3) is 0 Å². The number of carboxylic acids is 1. The van der Waals surface area contributed by atoms with Gasteiger partial charge in [0.25, 0.3) is 0 Å². The van der Waals surface area contributed by atoms with Gasteiger partial charge in [-0.2, -0.15) is 0 Å². The number of carbonyl (C=O) groups is 3. The van der Waals surface area contributed by atoms with Gasteiger partial charge in [-0.05, 0) is 33.6 Å². The van der Waals surface area contributed by atoms with Gasteiger partial charge >= 0.3 is 18.0 Å². The van der Waals surface area contributed by atoms with Crippen LogP contribution in [-0.4, -0.2) is 41.9 Å². The summed E-state index contributed by atoms with van der Waals surface area (Å²) in [5.74, 6) is -1.38. The summed E-state index contributed by atoms with van der Waals surface area (Å²) < 4.78 is 9.72. The Kier molecular flexibility index (Phi) is 8.42. The predicted molar refractivity (Wildman–Crippen MR) is 75.9 cm³/mol. The van der Waals surface area contributed by atoms with E-state index in [1.807, 2.05) is 0 Å². The van der Waals surface area contributed by atoms with Crippen molar-refractivity contribution in [3.63, 3.8) is 0 Å². The molecule has 21 heavy (non-hydrogen) atoms. The van der Waals surface area contributed by atoms with E-state index in [2.05, 4.69) is 10.1 Å². The number of carboxylic acid groups (broad SMARTS) is 1. The molecule has 1 atom stereocenters. The van der Waals surface area contributed by atoms with E-state index in [1.165, 1.54) is 7.11 Å². The minimum absolute atomic E-state index is 0.0996. The van der Waals surface area contributed by atoms with Crippen LogP contribution in [0.5, 0.6) is 0 Å². The second-order valence-corrected chi connectivity index (χ2v) is 5.72. The van der Waals surface area contributed by atoms with Gasteiger partial charge in [-0.1, -0.05) is 12.8 Å². The van der Waals surface area contributed by atoms with E-state index in [9.17, 15) is 14.4 Å². The molecule has 0 saturated carbocycles. The Morgan fingerprint density at radius 2 is 1.76 bits per heavy atom. The first-order valence-electron chi connectivity index (χ1n) is 6.95. The first kappa shape index (κ1) is 19.2. The molecule has 0 aliphatic rings. The first-order valence-corrected chi connectivity index (χ1v) is 6.95. The molecule has 0 fully saturated rings. The zero-order valence-corrected chi connectivity index (χ0v) is 13.1. The molecular formula is C14H25NO6. The van der Waals surface area contributed by atoms with E-state index >= 15 is 0 Å². The predicted octanol–water partition coefficient (Wildman–Crippen LogP) is 2.09. The van der Waals surface area contributed by atoms with Gasteiger partial charge in [0.05, 0.1) is 7.11 Å². The number of carbonyl (C=O) groups excluding carboxylic acids is 2.